The minimum atomic E-state index is -0.551. The molecule has 0 radical (unpaired) electrons. The molecule has 11 heteroatoms. The molecule has 1 aromatic carbocycles. The molecule has 1 aliphatic heterocycles. The fraction of sp³-hybridized carbons (Fsp3) is 0.176. The Hall–Kier alpha value is -4.20. The van der Waals surface area contributed by atoms with Gasteiger partial charge < -0.3 is 19.6 Å². The van der Waals surface area contributed by atoms with Crippen LogP contribution in [0.3, 0.4) is 0 Å². The van der Waals surface area contributed by atoms with Crippen LogP contribution in [0.5, 0.6) is 11.5 Å². The van der Waals surface area contributed by atoms with Crippen molar-refractivity contribution >= 4 is 17.9 Å². The quantitative estimate of drug-likeness (QED) is 0.385. The molecule has 2 aromatic heterocycles. The molecule has 0 fully saturated rings. The van der Waals surface area contributed by atoms with Crippen molar-refractivity contribution in [1.29, 1.82) is 5.26 Å². The van der Waals surface area contributed by atoms with Gasteiger partial charge in [-0.3, -0.25) is 0 Å². The van der Waals surface area contributed by atoms with Crippen molar-refractivity contribution < 1.29 is 14.4 Å². The lowest BCUT2D eigenvalue weighted by Crippen LogP contribution is -2.00. The van der Waals surface area contributed by atoms with Gasteiger partial charge >= 0.3 is 5.82 Å². The number of nitriles is 1. The summed E-state index contributed by atoms with van der Waals surface area (Å²) in [4.78, 5) is 18.9. The topological polar surface area (TPSA) is 133 Å². The molecule has 0 saturated carbocycles. The number of fused-ring (bicyclic) bond motifs is 1. The number of hydrogen-bond acceptors (Lipinski definition) is 8. The number of aliphatic imine (C=N–C) groups is 1. The first-order chi connectivity index (χ1) is 13.5. The van der Waals surface area contributed by atoms with Gasteiger partial charge in [-0.05, 0) is 28.7 Å². The van der Waals surface area contributed by atoms with Gasteiger partial charge in [-0.15, -0.1) is 0 Å². The lowest BCUT2D eigenvalue weighted by atomic mass is 10.2. The first-order valence-corrected chi connectivity index (χ1v) is 8.07. The predicted molar refractivity (Wildman–Crippen MR) is 96.6 cm³/mol. The van der Waals surface area contributed by atoms with Crippen molar-refractivity contribution in [3.05, 3.63) is 45.6 Å². The molecule has 0 spiro atoms. The van der Waals surface area contributed by atoms with Gasteiger partial charge in [-0.2, -0.15) is 10.4 Å². The van der Waals surface area contributed by atoms with Crippen molar-refractivity contribution in [2.75, 3.05) is 6.79 Å². The molecular weight excluding hydrogens is 366 g/mol. The van der Waals surface area contributed by atoms with E-state index in [1.165, 1.54) is 16.3 Å². The summed E-state index contributed by atoms with van der Waals surface area (Å²) in [5.41, 5.74) is 1.14. The number of benzene rings is 1. The smallest absolute Gasteiger partial charge is 0.342 e. The van der Waals surface area contributed by atoms with E-state index >= 15 is 0 Å². The second-order valence-corrected chi connectivity index (χ2v) is 5.91. The summed E-state index contributed by atoms with van der Waals surface area (Å²) >= 11 is 0. The van der Waals surface area contributed by atoms with Gasteiger partial charge in [0.2, 0.25) is 6.79 Å². The highest BCUT2D eigenvalue weighted by Crippen LogP contribution is 2.33. The first kappa shape index (κ1) is 17.2. The van der Waals surface area contributed by atoms with E-state index in [1.807, 2.05) is 6.07 Å². The van der Waals surface area contributed by atoms with Crippen LogP contribution in [0.15, 0.2) is 29.4 Å². The standard InChI is InChI=1S/C17H13N7O4/c1-22-14(24(25)26)8-20-17(22)15-11(6-18)16(23(2)21-15)19-7-10-3-4-12-13(5-10)28-9-27-12/h3-5,7-8H,9H2,1-2H3/b19-7+. The van der Waals surface area contributed by atoms with Crippen LogP contribution in [0.25, 0.3) is 11.5 Å². The van der Waals surface area contributed by atoms with Crippen LogP contribution in [0.2, 0.25) is 0 Å². The van der Waals surface area contributed by atoms with Crippen LogP contribution in [-0.4, -0.2) is 37.3 Å². The maximum absolute atomic E-state index is 11.0. The number of aromatic nitrogens is 4. The third-order valence-electron chi connectivity index (χ3n) is 4.22. The maximum atomic E-state index is 11.0. The summed E-state index contributed by atoms with van der Waals surface area (Å²) in [7, 11) is 3.12. The van der Waals surface area contributed by atoms with Gasteiger partial charge in [0.25, 0.3) is 5.82 Å². The summed E-state index contributed by atoms with van der Waals surface area (Å²) < 4.78 is 13.3. The normalized spacial score (nSPS) is 12.5. The lowest BCUT2D eigenvalue weighted by Gasteiger charge is -1.98. The fourth-order valence-electron chi connectivity index (χ4n) is 2.84. The SMILES string of the molecule is Cn1nc(-c2ncc([N+](=O)[O-])n2C)c(C#N)c1/N=C/c1ccc2c(c1)OCO2. The number of rotatable bonds is 4. The zero-order valence-electron chi connectivity index (χ0n) is 14.9. The van der Waals surface area contributed by atoms with Crippen molar-refractivity contribution in [2.45, 2.75) is 0 Å². The summed E-state index contributed by atoms with van der Waals surface area (Å²) in [5.74, 6) is 1.60. The van der Waals surface area contributed by atoms with Crippen molar-refractivity contribution in [3.63, 3.8) is 0 Å². The molecule has 28 heavy (non-hydrogen) atoms. The maximum Gasteiger partial charge on any atom is 0.342 e. The van der Waals surface area contributed by atoms with Gasteiger partial charge in [0, 0.05) is 13.3 Å². The van der Waals surface area contributed by atoms with Crippen LogP contribution in [0, 0.1) is 21.4 Å². The third-order valence-corrected chi connectivity index (χ3v) is 4.22. The second kappa shape index (κ2) is 6.51. The molecule has 0 unspecified atom stereocenters. The molecule has 140 valence electrons. The first-order valence-electron chi connectivity index (χ1n) is 8.07. The van der Waals surface area contributed by atoms with Crippen molar-refractivity contribution in [2.24, 2.45) is 19.1 Å². The number of aryl methyl sites for hydroxylation is 1. The fourth-order valence-corrected chi connectivity index (χ4v) is 2.84. The third kappa shape index (κ3) is 2.73. The average Bonchev–Trinajstić information content (AvgIpc) is 3.36. The van der Waals surface area contributed by atoms with Gasteiger partial charge in [-0.25, -0.2) is 19.2 Å². The molecule has 0 amide bonds. The summed E-state index contributed by atoms with van der Waals surface area (Å²) in [6.45, 7) is 0.176. The summed E-state index contributed by atoms with van der Waals surface area (Å²) in [6.07, 6.45) is 2.70. The van der Waals surface area contributed by atoms with E-state index in [-0.39, 0.29) is 29.7 Å². The van der Waals surface area contributed by atoms with E-state index < -0.39 is 4.92 Å². The molecule has 3 aromatic rings. The highest BCUT2D eigenvalue weighted by atomic mass is 16.7. The molecule has 0 N–H and O–H groups in total. The van der Waals surface area contributed by atoms with E-state index in [4.69, 9.17) is 9.47 Å². The summed E-state index contributed by atoms with van der Waals surface area (Å²) in [5, 5.41) is 24.9. The monoisotopic (exact) mass is 379 g/mol. The molecule has 0 bridgehead atoms. The van der Waals surface area contributed by atoms with Gasteiger partial charge in [0.15, 0.2) is 23.0 Å². The second-order valence-electron chi connectivity index (χ2n) is 5.91. The lowest BCUT2D eigenvalue weighted by molar-refractivity contribution is -0.391. The van der Waals surface area contributed by atoms with Gasteiger partial charge in [0.05, 0.1) is 7.05 Å². The molecule has 0 atom stereocenters. The Bertz CT molecular complexity index is 1170. The summed E-state index contributed by atoms with van der Waals surface area (Å²) in [6, 6.07) is 7.42. The van der Waals surface area contributed by atoms with Crippen molar-refractivity contribution in [3.8, 4) is 29.1 Å². The van der Waals surface area contributed by atoms with Crippen LogP contribution in [0.1, 0.15) is 11.1 Å². The zero-order valence-corrected chi connectivity index (χ0v) is 14.9. The molecule has 0 saturated heterocycles. The highest BCUT2D eigenvalue weighted by Gasteiger charge is 2.26. The zero-order chi connectivity index (χ0) is 19.8. The average molecular weight is 379 g/mol. The largest absolute Gasteiger partial charge is 0.454 e. The minimum Gasteiger partial charge on any atom is -0.454 e. The minimum absolute atomic E-state index is 0.170. The highest BCUT2D eigenvalue weighted by molar-refractivity contribution is 5.84. The number of ether oxygens (including phenoxy) is 2. The molecular formula is C17H13N7O4. The Morgan fingerprint density at radius 3 is 2.86 bits per heavy atom. The van der Waals surface area contributed by atoms with Crippen LogP contribution in [0.4, 0.5) is 11.6 Å². The Morgan fingerprint density at radius 2 is 2.14 bits per heavy atom. The molecule has 4 rings (SSSR count). The number of nitrogens with zero attached hydrogens (tertiary/aromatic N) is 7. The molecule has 1 aliphatic rings. The predicted octanol–water partition coefficient (Wildman–Crippen LogP) is 2.08. The van der Waals surface area contributed by atoms with Gasteiger partial charge in [0.1, 0.15) is 17.8 Å². The van der Waals surface area contributed by atoms with Crippen LogP contribution in [-0.2, 0) is 14.1 Å². The Morgan fingerprint density at radius 1 is 1.36 bits per heavy atom. The van der Waals surface area contributed by atoms with Crippen molar-refractivity contribution in [1.82, 2.24) is 19.3 Å². The van der Waals surface area contributed by atoms with E-state index in [9.17, 15) is 15.4 Å². The molecule has 0 aliphatic carbocycles. The van der Waals surface area contributed by atoms with E-state index in [0.29, 0.717) is 17.3 Å². The van der Waals surface area contributed by atoms with E-state index in [2.05, 4.69) is 21.1 Å². The van der Waals surface area contributed by atoms with Crippen LogP contribution < -0.4 is 9.47 Å². The van der Waals surface area contributed by atoms with Gasteiger partial charge in [-0.1, -0.05) is 0 Å². The Labute approximate surface area is 158 Å². The Kier molecular flexibility index (Phi) is 4.00. The number of imidazole rings is 1. The van der Waals surface area contributed by atoms with E-state index in [1.54, 1.807) is 25.4 Å². The number of hydrogen-bond donors (Lipinski definition) is 0. The Balaban J connectivity index is 1.73. The molecule has 11 nitrogen and oxygen atoms in total. The van der Waals surface area contributed by atoms with Crippen LogP contribution >= 0.6 is 0 Å². The number of nitro groups is 1. The molecule has 3 heterocycles. The van der Waals surface area contributed by atoms with E-state index in [0.717, 1.165) is 11.8 Å².